The molecule has 0 bridgehead atoms. The summed E-state index contributed by atoms with van der Waals surface area (Å²) in [6.45, 7) is 1.78. The summed E-state index contributed by atoms with van der Waals surface area (Å²) in [6.07, 6.45) is -3.93. The summed E-state index contributed by atoms with van der Waals surface area (Å²) in [7, 11) is -2.76. The molecular formula is C27H28O8S. The highest BCUT2D eigenvalue weighted by atomic mass is 32.2. The summed E-state index contributed by atoms with van der Waals surface area (Å²) in [5.74, 6) is -0.568. The van der Waals surface area contributed by atoms with Crippen LogP contribution in [0.2, 0.25) is 0 Å². The van der Waals surface area contributed by atoms with Crippen LogP contribution in [0, 0.1) is 6.92 Å². The Morgan fingerprint density at radius 1 is 0.889 bits per heavy atom. The topological polar surface area (TPSA) is 97.4 Å². The number of esters is 1. The molecule has 36 heavy (non-hydrogen) atoms. The van der Waals surface area contributed by atoms with Crippen molar-refractivity contribution in [3.8, 4) is 0 Å². The summed E-state index contributed by atoms with van der Waals surface area (Å²) in [6, 6.07) is 24.2. The second kappa shape index (κ2) is 11.8. The van der Waals surface area contributed by atoms with Gasteiger partial charge in [0.25, 0.3) is 10.1 Å². The summed E-state index contributed by atoms with van der Waals surface area (Å²) in [4.78, 5) is 12.5. The first kappa shape index (κ1) is 26.0. The van der Waals surface area contributed by atoms with Gasteiger partial charge in [0.15, 0.2) is 6.29 Å². The summed E-state index contributed by atoms with van der Waals surface area (Å²) in [5.41, 5.74) is 2.15. The highest BCUT2D eigenvalue weighted by molar-refractivity contribution is 7.86. The third kappa shape index (κ3) is 6.37. The first-order chi connectivity index (χ1) is 17.4. The maximum atomic E-state index is 13.1. The van der Waals surface area contributed by atoms with Gasteiger partial charge in [0, 0.05) is 7.11 Å². The molecule has 0 aliphatic carbocycles. The van der Waals surface area contributed by atoms with Crippen LogP contribution in [-0.4, -0.2) is 52.7 Å². The summed E-state index contributed by atoms with van der Waals surface area (Å²) < 4.78 is 54.7. The molecule has 8 nitrogen and oxygen atoms in total. The average Bonchev–Trinajstić information content (AvgIpc) is 3.22. The van der Waals surface area contributed by atoms with Gasteiger partial charge in [-0.15, -0.1) is 0 Å². The van der Waals surface area contributed by atoms with Crippen LogP contribution in [0.5, 0.6) is 0 Å². The second-order valence-electron chi connectivity index (χ2n) is 8.33. The molecule has 0 N–H and O–H groups in total. The molecule has 1 aliphatic rings. The summed E-state index contributed by atoms with van der Waals surface area (Å²) in [5, 5.41) is 0. The number of carbonyl (C=O) groups is 1. The highest BCUT2D eigenvalue weighted by Crippen LogP contribution is 2.31. The van der Waals surface area contributed by atoms with Crippen LogP contribution in [0.15, 0.2) is 89.8 Å². The van der Waals surface area contributed by atoms with Gasteiger partial charge in [-0.25, -0.2) is 4.79 Å². The molecule has 0 spiro atoms. The molecule has 190 valence electrons. The first-order valence-electron chi connectivity index (χ1n) is 11.4. The molecule has 1 heterocycles. The largest absolute Gasteiger partial charge is 0.459 e. The van der Waals surface area contributed by atoms with Gasteiger partial charge in [-0.3, -0.25) is 4.18 Å². The summed E-state index contributed by atoms with van der Waals surface area (Å²) >= 11 is 0. The van der Waals surface area contributed by atoms with Crippen molar-refractivity contribution in [1.29, 1.82) is 0 Å². The van der Waals surface area contributed by atoms with E-state index in [2.05, 4.69) is 0 Å². The van der Waals surface area contributed by atoms with Crippen molar-refractivity contribution in [2.24, 2.45) is 0 Å². The molecule has 0 radical (unpaired) electrons. The van der Waals surface area contributed by atoms with E-state index in [1.54, 1.807) is 42.5 Å². The van der Waals surface area contributed by atoms with Crippen LogP contribution in [0.1, 0.15) is 21.5 Å². The maximum absolute atomic E-state index is 13.1. The third-order valence-corrected chi connectivity index (χ3v) is 7.05. The zero-order valence-corrected chi connectivity index (χ0v) is 20.8. The Bertz CT molecular complexity index is 1230. The lowest BCUT2D eigenvalue weighted by Gasteiger charge is -2.24. The Morgan fingerprint density at radius 3 is 2.17 bits per heavy atom. The lowest BCUT2D eigenvalue weighted by Crippen LogP contribution is -2.41. The van der Waals surface area contributed by atoms with Crippen LogP contribution in [0.3, 0.4) is 0 Å². The van der Waals surface area contributed by atoms with E-state index in [1.165, 1.54) is 19.2 Å². The molecule has 3 aromatic carbocycles. The minimum atomic E-state index is -4.19. The van der Waals surface area contributed by atoms with Crippen LogP contribution in [0.4, 0.5) is 0 Å². The van der Waals surface area contributed by atoms with Crippen molar-refractivity contribution in [1.82, 2.24) is 0 Å². The van der Waals surface area contributed by atoms with Gasteiger partial charge in [-0.05, 0) is 36.8 Å². The van der Waals surface area contributed by atoms with E-state index in [-0.39, 0.29) is 18.1 Å². The lowest BCUT2D eigenvalue weighted by molar-refractivity contribution is -0.168. The minimum absolute atomic E-state index is 0.00388. The number of rotatable bonds is 10. The molecule has 0 amide bonds. The van der Waals surface area contributed by atoms with Gasteiger partial charge in [0.2, 0.25) is 0 Å². The van der Waals surface area contributed by atoms with Gasteiger partial charge in [0.1, 0.15) is 24.9 Å². The Kier molecular flexibility index (Phi) is 8.50. The van der Waals surface area contributed by atoms with Crippen molar-refractivity contribution < 1.29 is 36.3 Å². The molecular weight excluding hydrogens is 484 g/mol. The number of carbonyl (C=O) groups excluding carboxylic acids is 1. The van der Waals surface area contributed by atoms with Crippen LogP contribution in [0.25, 0.3) is 0 Å². The molecule has 0 unspecified atom stereocenters. The van der Waals surface area contributed by atoms with E-state index in [4.69, 9.17) is 23.1 Å². The van der Waals surface area contributed by atoms with Crippen molar-refractivity contribution in [3.63, 3.8) is 0 Å². The first-order valence-corrected chi connectivity index (χ1v) is 12.8. The van der Waals surface area contributed by atoms with E-state index in [0.717, 1.165) is 11.1 Å². The number of methoxy groups -OCH3 is 1. The van der Waals surface area contributed by atoms with E-state index in [9.17, 15) is 13.2 Å². The fourth-order valence-electron chi connectivity index (χ4n) is 3.80. The normalized spacial score (nSPS) is 21.8. The smallest absolute Gasteiger partial charge is 0.338 e. The Morgan fingerprint density at radius 2 is 1.53 bits per heavy atom. The van der Waals surface area contributed by atoms with Gasteiger partial charge < -0.3 is 18.9 Å². The Balaban J connectivity index is 1.55. The van der Waals surface area contributed by atoms with Crippen molar-refractivity contribution in [2.75, 3.05) is 13.7 Å². The van der Waals surface area contributed by atoms with Crippen LogP contribution >= 0.6 is 0 Å². The van der Waals surface area contributed by atoms with Crippen molar-refractivity contribution >= 4 is 16.1 Å². The van der Waals surface area contributed by atoms with Crippen molar-refractivity contribution in [2.45, 2.75) is 43.0 Å². The van der Waals surface area contributed by atoms with E-state index in [1.807, 2.05) is 37.3 Å². The van der Waals surface area contributed by atoms with Crippen LogP contribution < -0.4 is 0 Å². The predicted molar refractivity (Wildman–Crippen MR) is 131 cm³/mol. The minimum Gasteiger partial charge on any atom is -0.459 e. The van der Waals surface area contributed by atoms with Gasteiger partial charge >= 0.3 is 5.97 Å². The van der Waals surface area contributed by atoms with Gasteiger partial charge in [0.05, 0.1) is 17.1 Å². The number of hydrogen-bond donors (Lipinski definition) is 0. The standard InChI is InChI=1S/C27H28O8S/c1-19-13-15-22(16-14-19)36(29,30)35-24-23(18-33-26(28)21-11-7-4-8-12-21)34-27(31-2)25(24)32-17-20-9-5-3-6-10-20/h3-16,23-25,27H,17-18H2,1-2H3/t23-,24-,25-,27+/m1/s1. The van der Waals surface area contributed by atoms with Crippen LogP contribution in [-0.2, 0) is 39.9 Å². The molecule has 9 heteroatoms. The monoisotopic (exact) mass is 512 g/mol. The molecule has 4 atom stereocenters. The predicted octanol–water partition coefficient (Wildman–Crippen LogP) is 3.88. The van der Waals surface area contributed by atoms with Crippen molar-refractivity contribution in [3.05, 3.63) is 102 Å². The molecule has 4 rings (SSSR count). The molecule has 0 saturated carbocycles. The number of aryl methyl sites for hydroxylation is 1. The Hall–Kier alpha value is -3.08. The SMILES string of the molecule is CO[C@H]1O[C@H](COC(=O)c2ccccc2)[C@@H](OS(=O)(=O)c2ccc(C)cc2)[C@H]1OCc1ccccc1. The fraction of sp³-hybridized carbons (Fsp3) is 0.296. The maximum Gasteiger partial charge on any atom is 0.338 e. The van der Waals surface area contributed by atoms with E-state index in [0.29, 0.717) is 5.56 Å². The Labute approximate surface area is 210 Å². The zero-order valence-electron chi connectivity index (χ0n) is 20.0. The molecule has 1 aliphatic heterocycles. The number of hydrogen-bond acceptors (Lipinski definition) is 8. The van der Waals surface area contributed by atoms with Gasteiger partial charge in [-0.2, -0.15) is 8.42 Å². The van der Waals surface area contributed by atoms with E-state index < -0.39 is 40.7 Å². The number of ether oxygens (including phenoxy) is 4. The molecule has 1 fully saturated rings. The average molecular weight is 513 g/mol. The number of benzene rings is 3. The molecule has 1 saturated heterocycles. The lowest BCUT2D eigenvalue weighted by atomic mass is 10.1. The fourth-order valence-corrected chi connectivity index (χ4v) is 4.90. The highest BCUT2D eigenvalue weighted by Gasteiger charge is 2.49. The van der Waals surface area contributed by atoms with Gasteiger partial charge in [-0.1, -0.05) is 66.2 Å². The second-order valence-corrected chi connectivity index (χ2v) is 9.90. The molecule has 3 aromatic rings. The zero-order chi connectivity index (χ0) is 25.5. The molecule has 0 aromatic heterocycles. The van der Waals surface area contributed by atoms with E-state index >= 15 is 0 Å². The third-order valence-electron chi connectivity index (χ3n) is 5.72. The quantitative estimate of drug-likeness (QED) is 0.298.